The number of nitrogens with zero attached hydrogens (tertiary/aromatic N) is 1. The van der Waals surface area contributed by atoms with Crippen LogP contribution < -0.4 is 11.1 Å². The fourth-order valence-electron chi connectivity index (χ4n) is 1.48. The van der Waals surface area contributed by atoms with Gasteiger partial charge in [-0.2, -0.15) is 0 Å². The number of aromatic nitrogens is 2. The fraction of sp³-hybridized carbons (Fsp3) is 0.273. The number of carbonyl (C=O) groups excluding carboxylic acids is 1. The molecule has 4 N–H and O–H groups in total. The number of carbonyl (C=O) groups is 1. The molecule has 0 atom stereocenters. The molecule has 0 spiro atoms. The Hall–Kier alpha value is -1.53. The maximum atomic E-state index is 11.5. The van der Waals surface area contributed by atoms with Crippen LogP contribution in [0.1, 0.15) is 22.6 Å². The highest BCUT2D eigenvalue weighted by Gasteiger charge is 2.04. The van der Waals surface area contributed by atoms with Crippen molar-refractivity contribution >= 4 is 34.8 Å². The summed E-state index contributed by atoms with van der Waals surface area (Å²) >= 11 is 1.44. The molecule has 2 heterocycles. The van der Waals surface area contributed by atoms with Crippen molar-refractivity contribution in [3.63, 3.8) is 0 Å². The fourth-order valence-corrected chi connectivity index (χ4v) is 2.07. The highest BCUT2D eigenvalue weighted by molar-refractivity contribution is 7.13. The normalized spacial score (nSPS) is 9.78. The number of nitrogen functional groups attached to an aromatic ring is 1. The lowest BCUT2D eigenvalue weighted by Gasteiger charge is -2.02. The number of hydrogen-bond acceptors (Lipinski definition) is 4. The lowest BCUT2D eigenvalue weighted by molar-refractivity contribution is 0.0949. The van der Waals surface area contributed by atoms with E-state index in [4.69, 9.17) is 5.73 Å². The molecule has 7 heteroatoms. The van der Waals surface area contributed by atoms with Gasteiger partial charge < -0.3 is 16.0 Å². The summed E-state index contributed by atoms with van der Waals surface area (Å²) in [6.45, 7) is 0.634. The largest absolute Gasteiger partial charge is 0.375 e. The average Bonchev–Trinajstić information content (AvgIpc) is 2.95. The van der Waals surface area contributed by atoms with E-state index in [1.54, 1.807) is 18.3 Å². The molecule has 0 saturated heterocycles. The van der Waals surface area contributed by atoms with Crippen molar-refractivity contribution in [1.29, 1.82) is 0 Å². The monoisotopic (exact) mass is 286 g/mol. The minimum absolute atomic E-state index is 0. The van der Waals surface area contributed by atoms with E-state index < -0.39 is 0 Å². The Bertz CT molecular complexity index is 483. The summed E-state index contributed by atoms with van der Waals surface area (Å²) in [5.41, 5.74) is 7.10. The average molecular weight is 287 g/mol. The van der Waals surface area contributed by atoms with Gasteiger partial charge in [-0.05, 0) is 25.0 Å². The van der Waals surface area contributed by atoms with Crippen LogP contribution in [-0.2, 0) is 6.42 Å². The van der Waals surface area contributed by atoms with E-state index in [9.17, 15) is 4.79 Å². The van der Waals surface area contributed by atoms with Crippen molar-refractivity contribution in [1.82, 2.24) is 15.3 Å². The molecule has 0 saturated carbocycles. The molecular weight excluding hydrogens is 272 g/mol. The molecule has 18 heavy (non-hydrogen) atoms. The summed E-state index contributed by atoms with van der Waals surface area (Å²) in [6.07, 6.45) is 3.42. The van der Waals surface area contributed by atoms with Gasteiger partial charge in [0.15, 0.2) is 5.13 Å². The van der Waals surface area contributed by atoms with Crippen molar-refractivity contribution in [3.05, 3.63) is 35.1 Å². The van der Waals surface area contributed by atoms with E-state index >= 15 is 0 Å². The van der Waals surface area contributed by atoms with Crippen LogP contribution in [-0.4, -0.2) is 22.4 Å². The van der Waals surface area contributed by atoms with Gasteiger partial charge in [0.05, 0.1) is 5.69 Å². The summed E-state index contributed by atoms with van der Waals surface area (Å²) in [7, 11) is 0. The van der Waals surface area contributed by atoms with Gasteiger partial charge in [0.2, 0.25) is 0 Å². The number of halogens is 1. The van der Waals surface area contributed by atoms with Crippen LogP contribution in [0.3, 0.4) is 0 Å². The zero-order chi connectivity index (χ0) is 12.1. The number of H-pyrrole nitrogens is 1. The standard InChI is InChI=1S/C11H14N4OS.ClH/c12-11-15-8(7-17-11)3-1-6-14-10(16)9-4-2-5-13-9;/h2,4-5,7,13H,1,3,6H2,(H2,12,15)(H,14,16);1H. The number of anilines is 1. The van der Waals surface area contributed by atoms with Crippen LogP contribution >= 0.6 is 23.7 Å². The molecule has 0 aliphatic heterocycles. The maximum Gasteiger partial charge on any atom is 0.267 e. The van der Waals surface area contributed by atoms with E-state index in [-0.39, 0.29) is 18.3 Å². The van der Waals surface area contributed by atoms with Gasteiger partial charge in [0.25, 0.3) is 5.91 Å². The second-order valence-corrected chi connectivity index (χ2v) is 4.51. The lowest BCUT2D eigenvalue weighted by atomic mass is 10.2. The molecule has 0 fully saturated rings. The van der Waals surface area contributed by atoms with Crippen molar-refractivity contribution in [2.75, 3.05) is 12.3 Å². The first-order valence-corrected chi connectivity index (χ1v) is 6.25. The summed E-state index contributed by atoms with van der Waals surface area (Å²) in [6, 6.07) is 3.55. The van der Waals surface area contributed by atoms with Crippen LogP contribution in [0.25, 0.3) is 0 Å². The van der Waals surface area contributed by atoms with E-state index in [1.165, 1.54) is 11.3 Å². The molecule has 0 unspecified atom stereocenters. The van der Waals surface area contributed by atoms with Gasteiger partial charge in [-0.1, -0.05) is 0 Å². The summed E-state index contributed by atoms with van der Waals surface area (Å²) in [5.74, 6) is -0.0761. The molecule has 2 aromatic rings. The van der Waals surface area contributed by atoms with Crippen LogP contribution in [0, 0.1) is 0 Å². The molecular formula is C11H15ClN4OS. The Balaban J connectivity index is 0.00000162. The van der Waals surface area contributed by atoms with Crippen LogP contribution in [0.5, 0.6) is 0 Å². The number of amides is 1. The molecule has 2 aromatic heterocycles. The third-order valence-corrected chi connectivity index (χ3v) is 3.03. The highest BCUT2D eigenvalue weighted by atomic mass is 35.5. The van der Waals surface area contributed by atoms with E-state index in [0.29, 0.717) is 17.4 Å². The number of hydrogen-bond donors (Lipinski definition) is 3. The number of aromatic amines is 1. The first kappa shape index (κ1) is 14.5. The number of aryl methyl sites for hydroxylation is 1. The zero-order valence-corrected chi connectivity index (χ0v) is 11.3. The van der Waals surface area contributed by atoms with Gasteiger partial charge in [-0.25, -0.2) is 4.98 Å². The number of nitrogens with two attached hydrogens (primary N) is 1. The Labute approximate surface area is 115 Å². The van der Waals surface area contributed by atoms with Crippen molar-refractivity contribution < 1.29 is 4.79 Å². The number of nitrogens with one attached hydrogen (secondary N) is 2. The van der Waals surface area contributed by atoms with Crippen molar-refractivity contribution in [2.45, 2.75) is 12.8 Å². The Morgan fingerprint density at radius 1 is 1.56 bits per heavy atom. The quantitative estimate of drug-likeness (QED) is 0.733. The Kier molecular flexibility index (Phi) is 5.67. The van der Waals surface area contributed by atoms with Gasteiger partial charge in [0.1, 0.15) is 5.69 Å². The van der Waals surface area contributed by atoms with E-state index in [0.717, 1.165) is 18.5 Å². The number of rotatable bonds is 5. The predicted octanol–water partition coefficient (Wildman–Crippen LogP) is 1.84. The van der Waals surface area contributed by atoms with Gasteiger partial charge in [0, 0.05) is 18.1 Å². The molecule has 0 aliphatic carbocycles. The molecule has 98 valence electrons. The summed E-state index contributed by atoms with van der Waals surface area (Å²) in [4.78, 5) is 18.6. The highest BCUT2D eigenvalue weighted by Crippen LogP contribution is 2.12. The topological polar surface area (TPSA) is 83.8 Å². The first-order valence-electron chi connectivity index (χ1n) is 5.37. The van der Waals surface area contributed by atoms with Crippen LogP contribution in [0.2, 0.25) is 0 Å². The molecule has 2 rings (SSSR count). The Morgan fingerprint density at radius 3 is 3.00 bits per heavy atom. The third kappa shape index (κ3) is 4.05. The molecule has 0 aromatic carbocycles. The molecule has 5 nitrogen and oxygen atoms in total. The molecule has 0 bridgehead atoms. The van der Waals surface area contributed by atoms with E-state index in [2.05, 4.69) is 15.3 Å². The predicted molar refractivity (Wildman–Crippen MR) is 75.2 cm³/mol. The van der Waals surface area contributed by atoms with E-state index in [1.807, 2.05) is 5.38 Å². The Morgan fingerprint density at radius 2 is 2.39 bits per heavy atom. The summed E-state index contributed by atoms with van der Waals surface area (Å²) in [5, 5.41) is 5.38. The minimum atomic E-state index is -0.0761. The number of thiazole rings is 1. The van der Waals surface area contributed by atoms with Crippen LogP contribution in [0.15, 0.2) is 23.7 Å². The van der Waals surface area contributed by atoms with Crippen LogP contribution in [0.4, 0.5) is 5.13 Å². The van der Waals surface area contributed by atoms with Gasteiger partial charge >= 0.3 is 0 Å². The smallest absolute Gasteiger partial charge is 0.267 e. The lowest BCUT2D eigenvalue weighted by Crippen LogP contribution is -2.25. The second-order valence-electron chi connectivity index (χ2n) is 3.62. The maximum absolute atomic E-state index is 11.5. The zero-order valence-electron chi connectivity index (χ0n) is 9.68. The molecule has 0 radical (unpaired) electrons. The molecule has 0 aliphatic rings. The summed E-state index contributed by atoms with van der Waals surface area (Å²) < 4.78 is 0. The van der Waals surface area contributed by atoms with Crippen molar-refractivity contribution in [2.24, 2.45) is 0 Å². The van der Waals surface area contributed by atoms with Gasteiger partial charge in [-0.15, -0.1) is 23.7 Å². The van der Waals surface area contributed by atoms with Gasteiger partial charge in [-0.3, -0.25) is 4.79 Å². The third-order valence-electron chi connectivity index (χ3n) is 2.31. The minimum Gasteiger partial charge on any atom is -0.375 e. The first-order chi connectivity index (χ1) is 8.25. The second kappa shape index (κ2) is 7.03. The SMILES string of the molecule is Cl.Nc1nc(CCCNC(=O)c2ccc[nH]2)cs1. The molecule has 1 amide bonds. The van der Waals surface area contributed by atoms with Crippen molar-refractivity contribution in [3.8, 4) is 0 Å².